The van der Waals surface area contributed by atoms with Gasteiger partial charge >= 0.3 is 0 Å². The maximum atomic E-state index is 5.07. The van der Waals surface area contributed by atoms with Crippen molar-refractivity contribution in [2.75, 3.05) is 0 Å². The largest absolute Gasteiger partial charge is 0.472 e. The Labute approximate surface area is 73.1 Å². The molecule has 1 aliphatic carbocycles. The van der Waals surface area contributed by atoms with Crippen LogP contribution in [0.1, 0.15) is 37.2 Å². The van der Waals surface area contributed by atoms with E-state index in [0.29, 0.717) is 5.92 Å². The highest BCUT2D eigenvalue weighted by Crippen LogP contribution is 2.36. The summed E-state index contributed by atoms with van der Waals surface area (Å²) >= 11 is 0. The highest BCUT2D eigenvalue weighted by molar-refractivity contribution is 5.25. The van der Waals surface area contributed by atoms with Crippen LogP contribution in [-0.4, -0.2) is 0 Å². The molecule has 1 unspecified atom stereocenters. The number of rotatable bonds is 1. The van der Waals surface area contributed by atoms with Gasteiger partial charge in [0.05, 0.1) is 12.5 Å². The molecular formula is C11H14O. The van der Waals surface area contributed by atoms with Gasteiger partial charge in [-0.05, 0) is 30.9 Å². The average Bonchev–Trinajstić information content (AvgIpc) is 2.57. The Kier molecular flexibility index (Phi) is 2.03. The summed E-state index contributed by atoms with van der Waals surface area (Å²) in [4.78, 5) is 0. The van der Waals surface area contributed by atoms with Crippen LogP contribution in [0.15, 0.2) is 35.2 Å². The van der Waals surface area contributed by atoms with Gasteiger partial charge < -0.3 is 4.42 Å². The predicted octanol–water partition coefficient (Wildman–Crippen LogP) is 3.49. The fourth-order valence-electron chi connectivity index (χ4n) is 1.95. The molecule has 1 saturated carbocycles. The lowest BCUT2D eigenvalue weighted by Gasteiger charge is -2.23. The van der Waals surface area contributed by atoms with E-state index in [0.717, 1.165) is 0 Å². The Morgan fingerprint density at radius 2 is 2.33 bits per heavy atom. The van der Waals surface area contributed by atoms with Crippen molar-refractivity contribution in [3.05, 3.63) is 36.3 Å². The van der Waals surface area contributed by atoms with Crippen LogP contribution in [0, 0.1) is 0 Å². The molecule has 1 atom stereocenters. The van der Waals surface area contributed by atoms with Gasteiger partial charge in [0, 0.05) is 5.92 Å². The standard InChI is InChI=1S/C11H14O/c1-9-4-2-3-5-11(9)10-6-7-12-8-10/h6-8,11H,1-5H2. The SMILES string of the molecule is C=C1CCCCC1c1ccoc1. The van der Waals surface area contributed by atoms with Crippen molar-refractivity contribution in [1.29, 1.82) is 0 Å². The summed E-state index contributed by atoms with van der Waals surface area (Å²) in [5.41, 5.74) is 2.68. The molecule has 1 fully saturated rings. The first-order valence-electron chi connectivity index (χ1n) is 4.57. The van der Waals surface area contributed by atoms with Crippen LogP contribution in [0.5, 0.6) is 0 Å². The first-order valence-corrected chi connectivity index (χ1v) is 4.57. The van der Waals surface area contributed by atoms with Crippen molar-refractivity contribution in [2.24, 2.45) is 0 Å². The van der Waals surface area contributed by atoms with E-state index in [1.54, 1.807) is 6.26 Å². The minimum Gasteiger partial charge on any atom is -0.472 e. The lowest BCUT2D eigenvalue weighted by atomic mass is 9.82. The molecule has 1 aliphatic rings. The zero-order valence-corrected chi connectivity index (χ0v) is 7.25. The van der Waals surface area contributed by atoms with Crippen LogP contribution < -0.4 is 0 Å². The van der Waals surface area contributed by atoms with Gasteiger partial charge in [-0.3, -0.25) is 0 Å². The molecule has 0 aliphatic heterocycles. The molecule has 0 saturated heterocycles. The Bertz CT molecular complexity index is 259. The van der Waals surface area contributed by atoms with Gasteiger partial charge in [0.15, 0.2) is 0 Å². The molecule has 64 valence electrons. The molecule has 0 bridgehead atoms. The van der Waals surface area contributed by atoms with Gasteiger partial charge in [-0.15, -0.1) is 0 Å². The molecule has 1 aromatic heterocycles. The maximum absolute atomic E-state index is 5.07. The maximum Gasteiger partial charge on any atom is 0.0940 e. The first kappa shape index (κ1) is 7.66. The minimum absolute atomic E-state index is 0.567. The van der Waals surface area contributed by atoms with Crippen molar-refractivity contribution in [2.45, 2.75) is 31.6 Å². The molecule has 2 rings (SSSR count). The van der Waals surface area contributed by atoms with E-state index in [1.165, 1.54) is 36.8 Å². The van der Waals surface area contributed by atoms with E-state index in [9.17, 15) is 0 Å². The van der Waals surface area contributed by atoms with Crippen LogP contribution >= 0.6 is 0 Å². The van der Waals surface area contributed by atoms with Crippen molar-refractivity contribution < 1.29 is 4.42 Å². The number of furan rings is 1. The summed E-state index contributed by atoms with van der Waals surface area (Å²) in [7, 11) is 0. The fraction of sp³-hybridized carbons (Fsp3) is 0.455. The molecule has 1 nitrogen and oxygen atoms in total. The predicted molar refractivity (Wildman–Crippen MR) is 49.1 cm³/mol. The van der Waals surface area contributed by atoms with Crippen LogP contribution in [-0.2, 0) is 0 Å². The lowest BCUT2D eigenvalue weighted by molar-refractivity contribution is 0.526. The summed E-state index contributed by atoms with van der Waals surface area (Å²) in [5, 5.41) is 0. The Morgan fingerprint density at radius 1 is 1.42 bits per heavy atom. The molecule has 1 heteroatoms. The quantitative estimate of drug-likeness (QED) is 0.576. The van der Waals surface area contributed by atoms with Gasteiger partial charge in [0.1, 0.15) is 0 Å². The molecule has 1 heterocycles. The lowest BCUT2D eigenvalue weighted by Crippen LogP contribution is -2.06. The summed E-state index contributed by atoms with van der Waals surface area (Å²) in [6.45, 7) is 4.11. The summed E-state index contributed by atoms with van der Waals surface area (Å²) in [6.07, 6.45) is 8.68. The average molecular weight is 162 g/mol. The Morgan fingerprint density at radius 3 is 3.00 bits per heavy atom. The van der Waals surface area contributed by atoms with E-state index in [4.69, 9.17) is 4.42 Å². The van der Waals surface area contributed by atoms with Crippen molar-refractivity contribution >= 4 is 0 Å². The van der Waals surface area contributed by atoms with Gasteiger partial charge in [-0.25, -0.2) is 0 Å². The van der Waals surface area contributed by atoms with Gasteiger partial charge in [-0.1, -0.05) is 18.6 Å². The molecule has 1 aromatic rings. The normalized spacial score (nSPS) is 24.3. The second kappa shape index (κ2) is 3.18. The molecule has 0 spiro atoms. The highest BCUT2D eigenvalue weighted by atomic mass is 16.3. The molecule has 0 aromatic carbocycles. The van der Waals surface area contributed by atoms with Crippen molar-refractivity contribution in [1.82, 2.24) is 0 Å². The van der Waals surface area contributed by atoms with Crippen molar-refractivity contribution in [3.8, 4) is 0 Å². The van der Waals surface area contributed by atoms with Crippen LogP contribution in [0.3, 0.4) is 0 Å². The molecule has 12 heavy (non-hydrogen) atoms. The second-order valence-electron chi connectivity index (χ2n) is 3.51. The number of hydrogen-bond donors (Lipinski definition) is 0. The molecule has 0 N–H and O–H groups in total. The highest BCUT2D eigenvalue weighted by Gasteiger charge is 2.19. The third kappa shape index (κ3) is 1.31. The van der Waals surface area contributed by atoms with E-state index in [1.807, 2.05) is 6.26 Å². The van der Waals surface area contributed by atoms with E-state index in [-0.39, 0.29) is 0 Å². The van der Waals surface area contributed by atoms with Crippen LogP contribution in [0.4, 0.5) is 0 Å². The molecule has 0 radical (unpaired) electrons. The summed E-state index contributed by atoms with van der Waals surface area (Å²) in [5.74, 6) is 0.567. The third-order valence-corrected chi connectivity index (χ3v) is 2.68. The van der Waals surface area contributed by atoms with Gasteiger partial charge in [0.25, 0.3) is 0 Å². The second-order valence-corrected chi connectivity index (χ2v) is 3.51. The topological polar surface area (TPSA) is 13.1 Å². The monoisotopic (exact) mass is 162 g/mol. The van der Waals surface area contributed by atoms with E-state index >= 15 is 0 Å². The zero-order chi connectivity index (χ0) is 8.39. The van der Waals surface area contributed by atoms with Crippen molar-refractivity contribution in [3.63, 3.8) is 0 Å². The Hall–Kier alpha value is -0.980. The van der Waals surface area contributed by atoms with Crippen LogP contribution in [0.25, 0.3) is 0 Å². The zero-order valence-electron chi connectivity index (χ0n) is 7.25. The smallest absolute Gasteiger partial charge is 0.0940 e. The third-order valence-electron chi connectivity index (χ3n) is 2.68. The minimum atomic E-state index is 0.567. The fourth-order valence-corrected chi connectivity index (χ4v) is 1.95. The summed E-state index contributed by atoms with van der Waals surface area (Å²) in [6, 6.07) is 2.06. The van der Waals surface area contributed by atoms with E-state index < -0.39 is 0 Å². The molecule has 0 amide bonds. The van der Waals surface area contributed by atoms with Gasteiger partial charge in [-0.2, -0.15) is 0 Å². The number of hydrogen-bond acceptors (Lipinski definition) is 1. The molecular weight excluding hydrogens is 148 g/mol. The Balaban J connectivity index is 2.17. The van der Waals surface area contributed by atoms with Gasteiger partial charge in [0.2, 0.25) is 0 Å². The van der Waals surface area contributed by atoms with Crippen LogP contribution in [0.2, 0.25) is 0 Å². The number of allylic oxidation sites excluding steroid dienone is 1. The first-order chi connectivity index (χ1) is 5.88. The van der Waals surface area contributed by atoms with E-state index in [2.05, 4.69) is 12.6 Å². The summed E-state index contributed by atoms with van der Waals surface area (Å²) < 4.78 is 5.07.